The highest BCUT2D eigenvalue weighted by molar-refractivity contribution is 6.30. The SMILES string of the molecule is CCc1cc(Cl)c(F)c(C2(O)CC2)c1. The predicted octanol–water partition coefficient (Wildman–Crippen LogP) is 3.02. The van der Waals surface area contributed by atoms with Crippen molar-refractivity contribution in [1.29, 1.82) is 0 Å². The van der Waals surface area contributed by atoms with E-state index in [1.54, 1.807) is 12.1 Å². The van der Waals surface area contributed by atoms with Gasteiger partial charge in [0, 0.05) is 5.56 Å². The fraction of sp³-hybridized carbons (Fsp3) is 0.455. The van der Waals surface area contributed by atoms with Crippen LogP contribution in [0.1, 0.15) is 30.9 Å². The van der Waals surface area contributed by atoms with E-state index in [0.29, 0.717) is 18.4 Å². The first-order valence-electron chi connectivity index (χ1n) is 4.77. The number of aryl methyl sites for hydroxylation is 1. The number of hydrogen-bond donors (Lipinski definition) is 1. The molecule has 1 N–H and O–H groups in total. The van der Waals surface area contributed by atoms with Gasteiger partial charge in [0.2, 0.25) is 0 Å². The summed E-state index contributed by atoms with van der Waals surface area (Å²) in [5, 5.41) is 9.94. The summed E-state index contributed by atoms with van der Waals surface area (Å²) in [5.74, 6) is -0.469. The fourth-order valence-corrected chi connectivity index (χ4v) is 1.82. The molecular formula is C11H12ClFO. The Labute approximate surface area is 87.5 Å². The minimum atomic E-state index is -0.946. The summed E-state index contributed by atoms with van der Waals surface area (Å²) >= 11 is 5.75. The van der Waals surface area contributed by atoms with E-state index in [2.05, 4.69) is 0 Å². The molecule has 14 heavy (non-hydrogen) atoms. The molecule has 1 aliphatic rings. The van der Waals surface area contributed by atoms with Crippen LogP contribution in [0.25, 0.3) is 0 Å². The summed E-state index contributed by atoms with van der Waals surface area (Å²) in [4.78, 5) is 0. The summed E-state index contributed by atoms with van der Waals surface area (Å²) in [5.41, 5.74) is 0.382. The summed E-state index contributed by atoms with van der Waals surface area (Å²) in [6, 6.07) is 3.33. The van der Waals surface area contributed by atoms with Gasteiger partial charge in [-0.2, -0.15) is 0 Å². The van der Waals surface area contributed by atoms with Gasteiger partial charge in [0.15, 0.2) is 0 Å². The highest BCUT2D eigenvalue weighted by Gasteiger charge is 2.44. The van der Waals surface area contributed by atoms with E-state index in [1.807, 2.05) is 6.92 Å². The highest BCUT2D eigenvalue weighted by atomic mass is 35.5. The number of hydrogen-bond acceptors (Lipinski definition) is 1. The van der Waals surface area contributed by atoms with E-state index in [9.17, 15) is 9.50 Å². The van der Waals surface area contributed by atoms with Crippen molar-refractivity contribution in [1.82, 2.24) is 0 Å². The van der Waals surface area contributed by atoms with E-state index in [0.717, 1.165) is 12.0 Å². The van der Waals surface area contributed by atoms with Gasteiger partial charge in [0.1, 0.15) is 5.82 Å². The lowest BCUT2D eigenvalue weighted by molar-refractivity contribution is 0.146. The van der Waals surface area contributed by atoms with Crippen LogP contribution in [0.2, 0.25) is 5.02 Å². The molecule has 0 radical (unpaired) electrons. The molecule has 3 heteroatoms. The van der Waals surface area contributed by atoms with Crippen molar-refractivity contribution in [2.24, 2.45) is 0 Å². The van der Waals surface area contributed by atoms with Gasteiger partial charge in [-0.05, 0) is 37.0 Å². The van der Waals surface area contributed by atoms with Crippen LogP contribution < -0.4 is 0 Å². The molecule has 0 saturated heterocycles. The van der Waals surface area contributed by atoms with Crippen LogP contribution in [0.15, 0.2) is 12.1 Å². The van der Waals surface area contributed by atoms with E-state index < -0.39 is 11.4 Å². The van der Waals surface area contributed by atoms with Crippen molar-refractivity contribution in [3.63, 3.8) is 0 Å². The maximum absolute atomic E-state index is 13.6. The Hall–Kier alpha value is -0.600. The minimum absolute atomic E-state index is 0.111. The first-order chi connectivity index (χ1) is 6.57. The van der Waals surface area contributed by atoms with Crippen LogP contribution in [-0.4, -0.2) is 5.11 Å². The first-order valence-corrected chi connectivity index (χ1v) is 5.15. The minimum Gasteiger partial charge on any atom is -0.385 e. The monoisotopic (exact) mass is 214 g/mol. The van der Waals surface area contributed by atoms with Gasteiger partial charge in [0.25, 0.3) is 0 Å². The van der Waals surface area contributed by atoms with Gasteiger partial charge in [-0.1, -0.05) is 18.5 Å². The van der Waals surface area contributed by atoms with Crippen LogP contribution >= 0.6 is 11.6 Å². The lowest BCUT2D eigenvalue weighted by Gasteiger charge is -2.12. The molecular weight excluding hydrogens is 203 g/mol. The number of halogens is 2. The molecule has 1 aromatic rings. The Balaban J connectivity index is 2.52. The third kappa shape index (κ3) is 1.53. The third-order valence-electron chi connectivity index (χ3n) is 2.72. The zero-order chi connectivity index (χ0) is 10.3. The summed E-state index contributed by atoms with van der Waals surface area (Å²) in [7, 11) is 0. The van der Waals surface area contributed by atoms with Crippen molar-refractivity contribution in [3.05, 3.63) is 34.1 Å². The molecule has 1 fully saturated rings. The Morgan fingerprint density at radius 2 is 2.14 bits per heavy atom. The molecule has 2 rings (SSSR count). The molecule has 0 aromatic heterocycles. The molecule has 0 bridgehead atoms. The van der Waals surface area contributed by atoms with E-state index in [4.69, 9.17) is 11.6 Å². The lowest BCUT2D eigenvalue weighted by atomic mass is 10.0. The largest absolute Gasteiger partial charge is 0.385 e. The number of benzene rings is 1. The van der Waals surface area contributed by atoms with Crippen molar-refractivity contribution < 1.29 is 9.50 Å². The van der Waals surface area contributed by atoms with Crippen molar-refractivity contribution in [2.75, 3.05) is 0 Å². The van der Waals surface area contributed by atoms with Crippen LogP contribution in [-0.2, 0) is 12.0 Å². The maximum atomic E-state index is 13.6. The summed E-state index contributed by atoms with van der Waals surface area (Å²) in [6.07, 6.45) is 2.06. The van der Waals surface area contributed by atoms with Crippen LogP contribution in [0, 0.1) is 5.82 Å². The van der Waals surface area contributed by atoms with Crippen LogP contribution in [0.4, 0.5) is 4.39 Å². The Morgan fingerprint density at radius 3 is 2.64 bits per heavy atom. The van der Waals surface area contributed by atoms with Gasteiger partial charge in [-0.25, -0.2) is 4.39 Å². The molecule has 1 saturated carbocycles. The Bertz CT molecular complexity index is 372. The van der Waals surface area contributed by atoms with Gasteiger partial charge < -0.3 is 5.11 Å². The van der Waals surface area contributed by atoms with Crippen LogP contribution in [0.5, 0.6) is 0 Å². The second-order valence-electron chi connectivity index (χ2n) is 3.82. The number of aliphatic hydroxyl groups is 1. The second kappa shape index (κ2) is 3.21. The van der Waals surface area contributed by atoms with Crippen molar-refractivity contribution in [3.8, 4) is 0 Å². The Kier molecular flexibility index (Phi) is 2.28. The standard InChI is InChI=1S/C11H12ClFO/c1-2-7-5-8(11(14)3-4-11)10(13)9(12)6-7/h5-6,14H,2-4H2,1H3. The van der Waals surface area contributed by atoms with Gasteiger partial charge in [-0.3, -0.25) is 0 Å². The zero-order valence-electron chi connectivity index (χ0n) is 7.98. The molecule has 1 nitrogen and oxygen atoms in total. The average Bonchev–Trinajstić information content (AvgIpc) is 2.89. The van der Waals surface area contributed by atoms with E-state index in [-0.39, 0.29) is 5.02 Å². The normalized spacial score (nSPS) is 18.3. The smallest absolute Gasteiger partial charge is 0.147 e. The topological polar surface area (TPSA) is 20.2 Å². The van der Waals surface area contributed by atoms with Crippen LogP contribution in [0.3, 0.4) is 0 Å². The van der Waals surface area contributed by atoms with Gasteiger partial charge in [-0.15, -0.1) is 0 Å². The summed E-state index contributed by atoms with van der Waals surface area (Å²) < 4.78 is 13.6. The molecule has 76 valence electrons. The fourth-order valence-electron chi connectivity index (χ4n) is 1.58. The molecule has 0 heterocycles. The van der Waals surface area contributed by atoms with Crippen molar-refractivity contribution in [2.45, 2.75) is 31.8 Å². The predicted molar refractivity (Wildman–Crippen MR) is 53.9 cm³/mol. The first kappa shape index (κ1) is 9.94. The molecule has 0 unspecified atom stereocenters. The quantitative estimate of drug-likeness (QED) is 0.803. The molecule has 0 atom stereocenters. The maximum Gasteiger partial charge on any atom is 0.147 e. The third-order valence-corrected chi connectivity index (χ3v) is 3.00. The molecule has 0 spiro atoms. The van der Waals surface area contributed by atoms with Gasteiger partial charge in [0.05, 0.1) is 10.6 Å². The van der Waals surface area contributed by atoms with E-state index >= 15 is 0 Å². The number of rotatable bonds is 2. The van der Waals surface area contributed by atoms with E-state index in [1.165, 1.54) is 0 Å². The molecule has 0 aliphatic heterocycles. The lowest BCUT2D eigenvalue weighted by Crippen LogP contribution is -2.08. The molecule has 1 aromatic carbocycles. The second-order valence-corrected chi connectivity index (χ2v) is 4.23. The Morgan fingerprint density at radius 1 is 1.50 bits per heavy atom. The summed E-state index contributed by atoms with van der Waals surface area (Å²) in [6.45, 7) is 1.98. The zero-order valence-corrected chi connectivity index (χ0v) is 8.74. The van der Waals surface area contributed by atoms with Crippen molar-refractivity contribution >= 4 is 11.6 Å². The van der Waals surface area contributed by atoms with Gasteiger partial charge >= 0.3 is 0 Å². The highest BCUT2D eigenvalue weighted by Crippen LogP contribution is 2.47. The molecule has 1 aliphatic carbocycles. The molecule has 0 amide bonds. The average molecular weight is 215 g/mol.